The van der Waals surface area contributed by atoms with Gasteiger partial charge in [0.1, 0.15) is 6.67 Å². The van der Waals surface area contributed by atoms with Crippen molar-refractivity contribution < 1.29 is 4.92 Å². The minimum Gasteiger partial charge on any atom is -0.336 e. The van der Waals surface area contributed by atoms with E-state index in [4.69, 9.17) is 0 Å². The first-order valence-corrected chi connectivity index (χ1v) is 7.15. The van der Waals surface area contributed by atoms with Crippen molar-refractivity contribution in [1.29, 1.82) is 0 Å². The summed E-state index contributed by atoms with van der Waals surface area (Å²) in [5.41, 5.74) is 0.831. The fraction of sp³-hybridized carbons (Fsp3) is 0.308. The molecule has 0 saturated carbocycles. The van der Waals surface area contributed by atoms with Crippen LogP contribution in [0.15, 0.2) is 29.4 Å². The average molecular weight is 384 g/mol. The molecule has 1 aromatic rings. The highest BCUT2D eigenvalue weighted by Gasteiger charge is 2.23. The van der Waals surface area contributed by atoms with Gasteiger partial charge in [0.25, 0.3) is 5.69 Å². The summed E-state index contributed by atoms with van der Waals surface area (Å²) in [4.78, 5) is 12.5. The van der Waals surface area contributed by atoms with Crippen molar-refractivity contribution in [3.8, 4) is 9.85 Å². The van der Waals surface area contributed by atoms with Crippen LogP contribution in [0.1, 0.15) is 12.5 Å². The predicted octanol–water partition coefficient (Wildman–Crippen LogP) is 2.25. The normalized spacial score (nSPS) is 13.8. The molecule has 2 rings (SSSR count). The molecule has 0 fully saturated rings. The van der Waals surface area contributed by atoms with Gasteiger partial charge in [-0.25, -0.2) is 0 Å². The van der Waals surface area contributed by atoms with Crippen LogP contribution in [0.4, 0.5) is 5.69 Å². The van der Waals surface area contributed by atoms with Crippen LogP contribution in [0.25, 0.3) is 0 Å². The second-order valence-electron chi connectivity index (χ2n) is 4.16. The summed E-state index contributed by atoms with van der Waals surface area (Å²) in [5, 5.41) is 17.2. The van der Waals surface area contributed by atoms with Gasteiger partial charge in [-0.1, -0.05) is 18.1 Å². The number of amidine groups is 1. The van der Waals surface area contributed by atoms with Crippen LogP contribution in [0.5, 0.6) is 0 Å². The van der Waals surface area contributed by atoms with Gasteiger partial charge in [-0.05, 0) is 10.9 Å². The smallest absolute Gasteiger partial charge is 0.270 e. The molecule has 0 radical (unpaired) electrons. The van der Waals surface area contributed by atoms with Gasteiger partial charge in [-0.2, -0.15) is 5.10 Å². The van der Waals surface area contributed by atoms with E-state index in [1.807, 2.05) is 40.6 Å². The number of nitro groups is 1. The number of rotatable bonds is 4. The number of halogens is 1. The first kappa shape index (κ1) is 14.6. The molecule has 20 heavy (non-hydrogen) atoms. The Morgan fingerprint density at radius 2 is 2.35 bits per heavy atom. The van der Waals surface area contributed by atoms with Gasteiger partial charge in [0, 0.05) is 46.8 Å². The average Bonchev–Trinajstić information content (AvgIpc) is 2.88. The van der Waals surface area contributed by atoms with Gasteiger partial charge in [-0.15, -0.1) is 0 Å². The lowest BCUT2D eigenvalue weighted by Crippen LogP contribution is -2.31. The van der Waals surface area contributed by atoms with E-state index < -0.39 is 4.92 Å². The molecule has 0 amide bonds. The molecule has 1 aliphatic rings. The largest absolute Gasteiger partial charge is 0.336 e. The highest BCUT2D eigenvalue weighted by atomic mass is 127. The van der Waals surface area contributed by atoms with Gasteiger partial charge in [0.2, 0.25) is 0 Å². The fourth-order valence-electron chi connectivity index (χ4n) is 1.95. The zero-order valence-electron chi connectivity index (χ0n) is 10.9. The molecule has 0 spiro atoms. The Kier molecular flexibility index (Phi) is 4.79. The van der Waals surface area contributed by atoms with Crippen LogP contribution in [-0.4, -0.2) is 40.4 Å². The SMILES string of the molecule is CCN1CN(CC#CI)N=C1c1cccc([N+](=O)[O-])c1. The molecule has 1 aromatic carbocycles. The Hall–Kier alpha value is -1.82. The highest BCUT2D eigenvalue weighted by molar-refractivity contribution is 14.1. The van der Waals surface area contributed by atoms with Gasteiger partial charge in [-0.3, -0.25) is 15.1 Å². The van der Waals surface area contributed by atoms with Crippen molar-refractivity contribution in [3.05, 3.63) is 39.9 Å². The van der Waals surface area contributed by atoms with E-state index in [1.54, 1.807) is 12.1 Å². The van der Waals surface area contributed by atoms with Crippen LogP contribution in [-0.2, 0) is 0 Å². The standard InChI is InChI=1S/C13H13IN4O2/c1-2-16-10-17(8-4-7-14)15-13(16)11-5-3-6-12(9-11)18(19)20/h3,5-6,9H,2,8,10H2,1H3. The molecule has 0 aliphatic carbocycles. The Labute approximate surface area is 130 Å². The van der Waals surface area contributed by atoms with Crippen LogP contribution in [0, 0.1) is 20.0 Å². The van der Waals surface area contributed by atoms with E-state index >= 15 is 0 Å². The molecule has 1 heterocycles. The number of non-ortho nitro benzene ring substituents is 1. The Morgan fingerprint density at radius 1 is 1.55 bits per heavy atom. The monoisotopic (exact) mass is 384 g/mol. The second kappa shape index (κ2) is 6.56. The fourth-order valence-corrected chi connectivity index (χ4v) is 2.12. The number of hydrogen-bond acceptors (Lipinski definition) is 5. The molecular weight excluding hydrogens is 371 g/mol. The number of nitrogens with zero attached hydrogens (tertiary/aromatic N) is 4. The minimum absolute atomic E-state index is 0.0757. The summed E-state index contributed by atoms with van der Waals surface area (Å²) in [6, 6.07) is 6.54. The van der Waals surface area contributed by atoms with Crippen molar-refractivity contribution in [3.63, 3.8) is 0 Å². The van der Waals surface area contributed by atoms with E-state index in [0.29, 0.717) is 13.2 Å². The van der Waals surface area contributed by atoms with Crippen LogP contribution < -0.4 is 0 Å². The molecule has 0 saturated heterocycles. The van der Waals surface area contributed by atoms with Crippen LogP contribution in [0.3, 0.4) is 0 Å². The number of nitro benzene ring substituents is 1. The van der Waals surface area contributed by atoms with Crippen molar-refractivity contribution in [2.75, 3.05) is 19.8 Å². The van der Waals surface area contributed by atoms with Gasteiger partial charge >= 0.3 is 0 Å². The second-order valence-corrected chi connectivity index (χ2v) is 4.70. The summed E-state index contributed by atoms with van der Waals surface area (Å²) in [5.74, 6) is 3.71. The number of hydrogen-bond donors (Lipinski definition) is 0. The van der Waals surface area contributed by atoms with Crippen LogP contribution >= 0.6 is 22.6 Å². The van der Waals surface area contributed by atoms with E-state index in [1.165, 1.54) is 6.07 Å². The lowest BCUT2D eigenvalue weighted by molar-refractivity contribution is -0.384. The van der Waals surface area contributed by atoms with E-state index in [-0.39, 0.29) is 5.69 Å². The zero-order chi connectivity index (χ0) is 14.5. The highest BCUT2D eigenvalue weighted by Crippen LogP contribution is 2.19. The molecular formula is C13H13IN4O2. The van der Waals surface area contributed by atoms with Crippen molar-refractivity contribution >= 4 is 34.1 Å². The maximum absolute atomic E-state index is 10.8. The van der Waals surface area contributed by atoms with Gasteiger partial charge in [0.05, 0.1) is 11.5 Å². The quantitative estimate of drug-likeness (QED) is 0.346. The lowest BCUT2D eigenvalue weighted by atomic mass is 10.1. The molecule has 0 aromatic heterocycles. The van der Waals surface area contributed by atoms with Crippen LogP contribution in [0.2, 0.25) is 0 Å². The van der Waals surface area contributed by atoms with Crippen molar-refractivity contribution in [1.82, 2.24) is 9.91 Å². The Bertz CT molecular complexity index is 606. The molecule has 0 N–H and O–H groups in total. The molecule has 1 aliphatic heterocycles. The molecule has 7 heteroatoms. The van der Waals surface area contributed by atoms with E-state index in [2.05, 4.69) is 19.8 Å². The van der Waals surface area contributed by atoms with Gasteiger partial charge in [0.15, 0.2) is 5.84 Å². The summed E-state index contributed by atoms with van der Waals surface area (Å²) in [6.07, 6.45) is 0. The Balaban J connectivity index is 2.30. The van der Waals surface area contributed by atoms with Gasteiger partial charge < -0.3 is 4.90 Å². The predicted molar refractivity (Wildman–Crippen MR) is 85.4 cm³/mol. The lowest BCUT2D eigenvalue weighted by Gasteiger charge is -2.18. The van der Waals surface area contributed by atoms with E-state index in [9.17, 15) is 10.1 Å². The maximum atomic E-state index is 10.8. The summed E-state index contributed by atoms with van der Waals surface area (Å²) in [6.45, 7) is 4.02. The molecule has 0 bridgehead atoms. The first-order chi connectivity index (χ1) is 9.65. The van der Waals surface area contributed by atoms with Crippen molar-refractivity contribution in [2.45, 2.75) is 6.92 Å². The molecule has 0 atom stereocenters. The topological polar surface area (TPSA) is 62.0 Å². The minimum atomic E-state index is -0.394. The summed E-state index contributed by atoms with van der Waals surface area (Å²) < 4.78 is 2.81. The van der Waals surface area contributed by atoms with E-state index in [0.717, 1.165) is 17.9 Å². The first-order valence-electron chi connectivity index (χ1n) is 6.07. The molecule has 0 unspecified atom stereocenters. The third-order valence-electron chi connectivity index (χ3n) is 2.89. The zero-order valence-corrected chi connectivity index (χ0v) is 13.1. The third kappa shape index (κ3) is 3.19. The number of hydrazone groups is 1. The number of benzene rings is 1. The molecule has 6 nitrogen and oxygen atoms in total. The maximum Gasteiger partial charge on any atom is 0.270 e. The molecule has 104 valence electrons. The Morgan fingerprint density at radius 3 is 3.00 bits per heavy atom. The summed E-state index contributed by atoms with van der Waals surface area (Å²) >= 11 is 1.99. The summed E-state index contributed by atoms with van der Waals surface area (Å²) in [7, 11) is 0. The third-order valence-corrected chi connectivity index (χ3v) is 3.28. The van der Waals surface area contributed by atoms with Crippen molar-refractivity contribution in [2.24, 2.45) is 5.10 Å².